The van der Waals surface area contributed by atoms with Gasteiger partial charge in [0.15, 0.2) is 11.5 Å². The Morgan fingerprint density at radius 1 is 0.923 bits per heavy atom. The van der Waals surface area contributed by atoms with E-state index in [0.717, 1.165) is 35.6 Å². The van der Waals surface area contributed by atoms with Crippen molar-refractivity contribution in [2.75, 3.05) is 27.4 Å². The summed E-state index contributed by atoms with van der Waals surface area (Å²) in [6, 6.07) is 18.7. The Morgan fingerprint density at radius 2 is 1.69 bits per heavy atom. The first kappa shape index (κ1) is 16.7. The number of hydrogen-bond acceptors (Lipinski definition) is 4. The van der Waals surface area contributed by atoms with Gasteiger partial charge in [0, 0.05) is 5.39 Å². The molecule has 0 saturated heterocycles. The SMILES string of the molecule is COc1cc2c(cc1OC)C(COc1cccc3ccccc13)NCC2. The molecule has 3 aromatic rings. The number of rotatable bonds is 5. The summed E-state index contributed by atoms with van der Waals surface area (Å²) in [5, 5.41) is 5.89. The van der Waals surface area contributed by atoms with E-state index >= 15 is 0 Å². The third-order valence-corrected chi connectivity index (χ3v) is 4.96. The summed E-state index contributed by atoms with van der Waals surface area (Å²) in [6.45, 7) is 1.49. The summed E-state index contributed by atoms with van der Waals surface area (Å²) in [5.74, 6) is 2.45. The van der Waals surface area contributed by atoms with Crippen molar-refractivity contribution in [1.82, 2.24) is 5.32 Å². The Hall–Kier alpha value is -2.72. The first-order valence-electron chi connectivity index (χ1n) is 8.89. The van der Waals surface area contributed by atoms with Crippen molar-refractivity contribution in [1.29, 1.82) is 0 Å². The normalized spacial score (nSPS) is 16.2. The molecular formula is C22H23NO3. The molecule has 4 nitrogen and oxygen atoms in total. The van der Waals surface area contributed by atoms with Crippen LogP contribution in [0, 0.1) is 0 Å². The lowest BCUT2D eigenvalue weighted by molar-refractivity contribution is 0.263. The molecule has 4 rings (SSSR count). The van der Waals surface area contributed by atoms with Crippen molar-refractivity contribution >= 4 is 10.8 Å². The molecule has 1 unspecified atom stereocenters. The van der Waals surface area contributed by atoms with Crippen LogP contribution in [0.1, 0.15) is 17.2 Å². The second-order valence-electron chi connectivity index (χ2n) is 6.45. The maximum absolute atomic E-state index is 6.21. The van der Waals surface area contributed by atoms with Crippen LogP contribution in [0.25, 0.3) is 10.8 Å². The highest BCUT2D eigenvalue weighted by atomic mass is 16.5. The van der Waals surface area contributed by atoms with Gasteiger partial charge in [-0.1, -0.05) is 36.4 Å². The van der Waals surface area contributed by atoms with E-state index in [0.29, 0.717) is 6.61 Å². The van der Waals surface area contributed by atoms with Crippen LogP contribution >= 0.6 is 0 Å². The van der Waals surface area contributed by atoms with Crippen LogP contribution in [-0.2, 0) is 6.42 Å². The number of methoxy groups -OCH3 is 2. The summed E-state index contributed by atoms with van der Waals surface area (Å²) < 4.78 is 17.1. The van der Waals surface area contributed by atoms with Gasteiger partial charge >= 0.3 is 0 Å². The van der Waals surface area contributed by atoms with Crippen molar-refractivity contribution in [2.24, 2.45) is 0 Å². The van der Waals surface area contributed by atoms with Crippen LogP contribution in [0.15, 0.2) is 54.6 Å². The van der Waals surface area contributed by atoms with Crippen molar-refractivity contribution in [2.45, 2.75) is 12.5 Å². The molecule has 0 fully saturated rings. The smallest absolute Gasteiger partial charge is 0.161 e. The predicted molar refractivity (Wildman–Crippen MR) is 103 cm³/mol. The number of fused-ring (bicyclic) bond motifs is 2. The predicted octanol–water partition coefficient (Wildman–Crippen LogP) is 4.12. The Kier molecular flexibility index (Phi) is 4.67. The minimum Gasteiger partial charge on any atom is -0.493 e. The molecule has 0 aromatic heterocycles. The van der Waals surface area contributed by atoms with Crippen molar-refractivity contribution in [3.8, 4) is 17.2 Å². The van der Waals surface area contributed by atoms with Crippen LogP contribution < -0.4 is 19.5 Å². The maximum atomic E-state index is 6.21. The van der Waals surface area contributed by atoms with Crippen molar-refractivity contribution in [3.63, 3.8) is 0 Å². The highest BCUT2D eigenvalue weighted by Gasteiger charge is 2.23. The molecule has 0 saturated carbocycles. The molecule has 1 N–H and O–H groups in total. The molecule has 26 heavy (non-hydrogen) atoms. The zero-order valence-corrected chi connectivity index (χ0v) is 15.1. The zero-order chi connectivity index (χ0) is 17.9. The minimum absolute atomic E-state index is 0.123. The molecule has 1 aliphatic rings. The highest BCUT2D eigenvalue weighted by molar-refractivity contribution is 5.88. The second kappa shape index (κ2) is 7.26. The van der Waals surface area contributed by atoms with Crippen LogP contribution in [-0.4, -0.2) is 27.4 Å². The maximum Gasteiger partial charge on any atom is 0.161 e. The monoisotopic (exact) mass is 349 g/mol. The highest BCUT2D eigenvalue weighted by Crippen LogP contribution is 2.35. The fourth-order valence-corrected chi connectivity index (χ4v) is 3.61. The van der Waals surface area contributed by atoms with Crippen LogP contribution in [0.5, 0.6) is 17.2 Å². The number of benzene rings is 3. The molecular weight excluding hydrogens is 326 g/mol. The van der Waals surface area contributed by atoms with Gasteiger partial charge in [-0.25, -0.2) is 0 Å². The summed E-state index contributed by atoms with van der Waals surface area (Å²) in [6.07, 6.45) is 0.973. The summed E-state index contributed by atoms with van der Waals surface area (Å²) in [4.78, 5) is 0. The number of hydrogen-bond donors (Lipinski definition) is 1. The first-order valence-corrected chi connectivity index (χ1v) is 8.89. The van der Waals surface area contributed by atoms with Crippen LogP contribution in [0.4, 0.5) is 0 Å². The Morgan fingerprint density at radius 3 is 2.54 bits per heavy atom. The van der Waals surface area contributed by atoms with Gasteiger partial charge in [-0.05, 0) is 47.7 Å². The molecule has 1 atom stereocenters. The van der Waals surface area contributed by atoms with Crippen LogP contribution in [0.2, 0.25) is 0 Å². The van der Waals surface area contributed by atoms with E-state index in [1.54, 1.807) is 14.2 Å². The Bertz CT molecular complexity index is 917. The largest absolute Gasteiger partial charge is 0.493 e. The van der Waals surface area contributed by atoms with E-state index in [9.17, 15) is 0 Å². The third-order valence-electron chi connectivity index (χ3n) is 4.96. The van der Waals surface area contributed by atoms with Gasteiger partial charge in [0.1, 0.15) is 12.4 Å². The molecule has 134 valence electrons. The molecule has 0 bridgehead atoms. The van der Waals surface area contributed by atoms with Gasteiger partial charge in [0.2, 0.25) is 0 Å². The first-order chi connectivity index (χ1) is 12.8. The third kappa shape index (κ3) is 3.08. The second-order valence-corrected chi connectivity index (χ2v) is 6.45. The van der Waals surface area contributed by atoms with E-state index in [-0.39, 0.29) is 6.04 Å². The number of ether oxygens (including phenoxy) is 3. The minimum atomic E-state index is 0.123. The molecule has 0 amide bonds. The standard InChI is InChI=1S/C22H23NO3/c1-24-21-12-16-10-11-23-19(18(16)13-22(21)25-2)14-26-20-9-5-7-15-6-3-4-8-17(15)20/h3-9,12-13,19,23H,10-11,14H2,1-2H3. The molecule has 1 heterocycles. The Balaban J connectivity index is 1.60. The molecule has 1 aliphatic heterocycles. The average molecular weight is 349 g/mol. The Labute approximate surface area is 153 Å². The summed E-state index contributed by atoms with van der Waals surface area (Å²) in [5.41, 5.74) is 2.50. The van der Waals surface area contributed by atoms with Gasteiger partial charge < -0.3 is 19.5 Å². The lowest BCUT2D eigenvalue weighted by Gasteiger charge is -2.28. The van der Waals surface area contributed by atoms with Crippen molar-refractivity contribution in [3.05, 3.63) is 65.7 Å². The molecule has 4 heteroatoms. The summed E-state index contributed by atoms with van der Waals surface area (Å²) in [7, 11) is 3.34. The fraction of sp³-hybridized carbons (Fsp3) is 0.273. The van der Waals surface area contributed by atoms with Gasteiger partial charge in [0.25, 0.3) is 0 Å². The molecule has 0 radical (unpaired) electrons. The fourth-order valence-electron chi connectivity index (χ4n) is 3.61. The van der Waals surface area contributed by atoms with Gasteiger partial charge in [0.05, 0.1) is 20.3 Å². The number of nitrogens with one attached hydrogen (secondary N) is 1. The van der Waals surface area contributed by atoms with Gasteiger partial charge in [-0.3, -0.25) is 0 Å². The quantitative estimate of drug-likeness (QED) is 0.752. The molecule has 0 spiro atoms. The van der Waals surface area contributed by atoms with Gasteiger partial charge in [-0.2, -0.15) is 0 Å². The van der Waals surface area contributed by atoms with E-state index in [4.69, 9.17) is 14.2 Å². The zero-order valence-electron chi connectivity index (χ0n) is 15.1. The van der Waals surface area contributed by atoms with E-state index in [1.807, 2.05) is 24.3 Å². The van der Waals surface area contributed by atoms with E-state index < -0.39 is 0 Å². The molecule has 3 aromatic carbocycles. The molecule has 0 aliphatic carbocycles. The van der Waals surface area contributed by atoms with Crippen LogP contribution in [0.3, 0.4) is 0 Å². The van der Waals surface area contributed by atoms with E-state index in [1.165, 1.54) is 16.5 Å². The average Bonchev–Trinajstić information content (AvgIpc) is 2.71. The summed E-state index contributed by atoms with van der Waals surface area (Å²) >= 11 is 0. The lowest BCUT2D eigenvalue weighted by Crippen LogP contribution is -2.33. The van der Waals surface area contributed by atoms with E-state index in [2.05, 4.69) is 35.6 Å². The topological polar surface area (TPSA) is 39.7 Å². The van der Waals surface area contributed by atoms with Crippen molar-refractivity contribution < 1.29 is 14.2 Å². The van der Waals surface area contributed by atoms with Gasteiger partial charge in [-0.15, -0.1) is 0 Å². The lowest BCUT2D eigenvalue weighted by atomic mass is 9.94.